The van der Waals surface area contributed by atoms with Crippen LogP contribution >= 0.6 is 0 Å². The van der Waals surface area contributed by atoms with Crippen LogP contribution in [0.3, 0.4) is 0 Å². The van der Waals surface area contributed by atoms with Gasteiger partial charge < -0.3 is 14.6 Å². The van der Waals surface area contributed by atoms with Crippen LogP contribution in [0, 0.1) is 0 Å². The zero-order valence-electron chi connectivity index (χ0n) is 12.5. The summed E-state index contributed by atoms with van der Waals surface area (Å²) in [6.45, 7) is 1.28. The van der Waals surface area contributed by atoms with Crippen LogP contribution in [0.15, 0.2) is 24.5 Å². The normalized spacial score (nSPS) is 26.6. The third kappa shape index (κ3) is 3.35. The van der Waals surface area contributed by atoms with Crippen LogP contribution < -0.4 is 5.32 Å². The number of nitrogens with one attached hydrogen (secondary N) is 1. The van der Waals surface area contributed by atoms with E-state index >= 15 is 0 Å². The summed E-state index contributed by atoms with van der Waals surface area (Å²) >= 11 is 0. The van der Waals surface area contributed by atoms with Gasteiger partial charge in [-0.05, 0) is 31.4 Å². The highest BCUT2D eigenvalue weighted by Crippen LogP contribution is 2.33. The van der Waals surface area contributed by atoms with Crippen LogP contribution in [-0.2, 0) is 24.9 Å². The van der Waals surface area contributed by atoms with Gasteiger partial charge in [0.2, 0.25) is 5.91 Å². The Morgan fingerprint density at radius 2 is 1.95 bits per heavy atom. The van der Waals surface area contributed by atoms with E-state index in [1.807, 2.05) is 24.5 Å². The molecule has 3 rings (SSSR count). The van der Waals surface area contributed by atoms with Crippen molar-refractivity contribution in [1.29, 1.82) is 0 Å². The molecule has 7 heteroatoms. The Labute approximate surface area is 130 Å². The molecule has 0 spiro atoms. The quantitative estimate of drug-likeness (QED) is 0.883. The number of nitrogens with zero attached hydrogens (tertiary/aromatic N) is 1. The van der Waals surface area contributed by atoms with E-state index in [1.165, 1.54) is 0 Å². The summed E-state index contributed by atoms with van der Waals surface area (Å²) in [5, 5.41) is 2.90. The monoisotopic (exact) mass is 326 g/mol. The van der Waals surface area contributed by atoms with Crippen molar-refractivity contribution in [3.8, 4) is 0 Å². The molecule has 0 saturated carbocycles. The van der Waals surface area contributed by atoms with Crippen LogP contribution in [0.5, 0.6) is 0 Å². The van der Waals surface area contributed by atoms with Crippen molar-refractivity contribution >= 4 is 15.7 Å². The predicted molar refractivity (Wildman–Crippen MR) is 82.3 cm³/mol. The molecule has 2 fully saturated rings. The lowest BCUT2D eigenvalue weighted by Crippen LogP contribution is -2.45. The van der Waals surface area contributed by atoms with Gasteiger partial charge in [0, 0.05) is 31.6 Å². The smallest absolute Gasteiger partial charge is 0.222 e. The second kappa shape index (κ2) is 6.04. The van der Waals surface area contributed by atoms with Gasteiger partial charge in [0.25, 0.3) is 0 Å². The Bertz CT molecular complexity index is 618. The Morgan fingerprint density at radius 1 is 1.27 bits per heavy atom. The maximum atomic E-state index is 12.4. The maximum Gasteiger partial charge on any atom is 0.222 e. The van der Waals surface area contributed by atoms with E-state index in [-0.39, 0.29) is 29.0 Å². The van der Waals surface area contributed by atoms with E-state index < -0.39 is 9.84 Å². The molecule has 1 unspecified atom stereocenters. The molecule has 0 aromatic carbocycles. The highest BCUT2D eigenvalue weighted by molar-refractivity contribution is 7.91. The fourth-order valence-electron chi connectivity index (χ4n) is 3.41. The highest BCUT2D eigenvalue weighted by atomic mass is 32.2. The molecular formula is C15H22N2O4S. The average Bonchev–Trinajstić information content (AvgIpc) is 3.10. The van der Waals surface area contributed by atoms with Gasteiger partial charge >= 0.3 is 0 Å². The summed E-state index contributed by atoms with van der Waals surface area (Å²) in [4.78, 5) is 12.4. The van der Waals surface area contributed by atoms with E-state index in [1.54, 1.807) is 0 Å². The highest BCUT2D eigenvalue weighted by Gasteiger charge is 2.37. The molecule has 2 saturated heterocycles. The lowest BCUT2D eigenvalue weighted by atomic mass is 9.85. The van der Waals surface area contributed by atoms with E-state index in [2.05, 4.69) is 9.88 Å². The number of rotatable bonds is 4. The lowest BCUT2D eigenvalue weighted by molar-refractivity contribution is -0.125. The minimum absolute atomic E-state index is 0.0678. The fourth-order valence-corrected chi connectivity index (χ4v) is 5.09. The van der Waals surface area contributed by atoms with Crippen molar-refractivity contribution in [3.05, 3.63) is 24.5 Å². The van der Waals surface area contributed by atoms with Crippen molar-refractivity contribution in [2.24, 2.45) is 0 Å². The standard InChI is InChI=1S/C15H22N2O4S/c18-14(16-13-3-10-22(19,20)12-13)11-15(4-8-21-9-5-15)17-6-1-2-7-17/h1-2,6-7,13H,3-5,8-12H2,(H,16,18). The molecule has 1 amide bonds. The van der Waals surface area contributed by atoms with Crippen molar-refractivity contribution in [2.75, 3.05) is 24.7 Å². The first-order valence-corrected chi connectivity index (χ1v) is 9.52. The van der Waals surface area contributed by atoms with Gasteiger partial charge in [-0.3, -0.25) is 4.79 Å². The molecule has 6 nitrogen and oxygen atoms in total. The first-order valence-electron chi connectivity index (χ1n) is 7.70. The van der Waals surface area contributed by atoms with Crippen LogP contribution in [0.25, 0.3) is 0 Å². The molecule has 2 aliphatic rings. The third-order valence-corrected chi connectivity index (χ3v) is 6.43. The summed E-state index contributed by atoms with van der Waals surface area (Å²) in [7, 11) is -2.97. The first kappa shape index (κ1) is 15.6. The van der Waals surface area contributed by atoms with Crippen molar-refractivity contribution in [1.82, 2.24) is 9.88 Å². The maximum absolute atomic E-state index is 12.4. The van der Waals surface area contributed by atoms with Crippen LogP contribution in [-0.4, -0.2) is 49.7 Å². The number of hydrogen-bond acceptors (Lipinski definition) is 4. The molecule has 1 atom stereocenters. The number of ether oxygens (including phenoxy) is 1. The van der Waals surface area contributed by atoms with Crippen LogP contribution in [0.4, 0.5) is 0 Å². The summed E-state index contributed by atoms with van der Waals surface area (Å²) in [6.07, 6.45) is 6.43. The summed E-state index contributed by atoms with van der Waals surface area (Å²) in [6, 6.07) is 3.68. The van der Waals surface area contributed by atoms with E-state index in [4.69, 9.17) is 4.74 Å². The first-order chi connectivity index (χ1) is 10.5. The SMILES string of the molecule is O=C(CC1(n2cccc2)CCOCC1)NC1CCS(=O)(=O)C1. The van der Waals surface area contributed by atoms with Crippen molar-refractivity contribution in [3.63, 3.8) is 0 Å². The molecular weight excluding hydrogens is 304 g/mol. The molecule has 2 aliphatic heterocycles. The number of carbonyl (C=O) groups is 1. The molecule has 1 aromatic heterocycles. The molecule has 1 aromatic rings. The molecule has 0 aliphatic carbocycles. The third-order valence-electron chi connectivity index (χ3n) is 4.66. The Kier molecular flexibility index (Phi) is 4.27. The van der Waals surface area contributed by atoms with Crippen molar-refractivity contribution < 1.29 is 17.9 Å². The Morgan fingerprint density at radius 3 is 2.55 bits per heavy atom. The number of amides is 1. The van der Waals surface area contributed by atoms with Gasteiger partial charge in [-0.25, -0.2) is 8.42 Å². The van der Waals surface area contributed by atoms with Gasteiger partial charge in [-0.2, -0.15) is 0 Å². The topological polar surface area (TPSA) is 77.4 Å². The van der Waals surface area contributed by atoms with E-state index in [0.717, 1.165) is 12.8 Å². The molecule has 1 N–H and O–H groups in total. The largest absolute Gasteiger partial charge is 0.381 e. The molecule has 0 bridgehead atoms. The number of aromatic nitrogens is 1. The summed E-state index contributed by atoms with van der Waals surface area (Å²) in [5.74, 6) is 0.171. The predicted octanol–water partition coefficient (Wildman–Crippen LogP) is 0.687. The van der Waals surface area contributed by atoms with E-state index in [0.29, 0.717) is 26.1 Å². The molecule has 122 valence electrons. The minimum atomic E-state index is -2.97. The minimum Gasteiger partial charge on any atom is -0.381 e. The number of carbonyl (C=O) groups excluding carboxylic acids is 1. The molecule has 22 heavy (non-hydrogen) atoms. The number of hydrogen-bond donors (Lipinski definition) is 1. The van der Waals surface area contributed by atoms with Gasteiger partial charge in [0.05, 0.1) is 23.5 Å². The Hall–Kier alpha value is -1.34. The summed E-state index contributed by atoms with van der Waals surface area (Å²) in [5.41, 5.74) is -0.261. The summed E-state index contributed by atoms with van der Waals surface area (Å²) < 4.78 is 30.5. The van der Waals surface area contributed by atoms with Gasteiger partial charge in [-0.1, -0.05) is 0 Å². The lowest BCUT2D eigenvalue weighted by Gasteiger charge is -2.38. The van der Waals surface area contributed by atoms with E-state index in [9.17, 15) is 13.2 Å². The zero-order chi connectivity index (χ0) is 15.6. The van der Waals surface area contributed by atoms with Crippen LogP contribution in [0.2, 0.25) is 0 Å². The average molecular weight is 326 g/mol. The van der Waals surface area contributed by atoms with Gasteiger partial charge in [0.15, 0.2) is 9.84 Å². The second-order valence-electron chi connectivity index (χ2n) is 6.27. The zero-order valence-corrected chi connectivity index (χ0v) is 13.3. The fraction of sp³-hybridized carbons (Fsp3) is 0.667. The van der Waals surface area contributed by atoms with Gasteiger partial charge in [-0.15, -0.1) is 0 Å². The van der Waals surface area contributed by atoms with Gasteiger partial charge in [0.1, 0.15) is 0 Å². The second-order valence-corrected chi connectivity index (χ2v) is 8.50. The molecule has 3 heterocycles. The van der Waals surface area contributed by atoms with Crippen LogP contribution in [0.1, 0.15) is 25.7 Å². The Balaban J connectivity index is 1.67. The van der Waals surface area contributed by atoms with Crippen molar-refractivity contribution in [2.45, 2.75) is 37.3 Å². The molecule has 0 radical (unpaired) electrons. The number of sulfone groups is 1.